The van der Waals surface area contributed by atoms with Crippen LogP contribution in [0.1, 0.15) is 24.4 Å². The quantitative estimate of drug-likeness (QED) is 0.668. The largest absolute Gasteiger partial charge is 0.481 e. The number of carbonyl (C=O) groups excluding carboxylic acids is 1. The Hall–Kier alpha value is -3.48. The first-order valence-corrected chi connectivity index (χ1v) is 8.55. The van der Waals surface area contributed by atoms with E-state index in [1.807, 2.05) is 6.07 Å². The van der Waals surface area contributed by atoms with Gasteiger partial charge in [-0.3, -0.25) is 19.0 Å². The van der Waals surface area contributed by atoms with Crippen molar-refractivity contribution in [2.24, 2.45) is 0 Å². The summed E-state index contributed by atoms with van der Waals surface area (Å²) in [5.41, 5.74) is 1.12. The van der Waals surface area contributed by atoms with Gasteiger partial charge in [0.2, 0.25) is 5.91 Å². The zero-order chi connectivity index (χ0) is 19.2. The van der Waals surface area contributed by atoms with E-state index in [2.05, 4.69) is 10.3 Å². The van der Waals surface area contributed by atoms with E-state index in [0.29, 0.717) is 10.9 Å². The summed E-state index contributed by atoms with van der Waals surface area (Å²) in [6.07, 6.45) is 1.25. The summed E-state index contributed by atoms with van der Waals surface area (Å²) in [4.78, 5) is 40.1. The maximum atomic E-state index is 12.4. The van der Waals surface area contributed by atoms with Crippen LogP contribution >= 0.6 is 0 Å². The van der Waals surface area contributed by atoms with Gasteiger partial charge in [0.1, 0.15) is 0 Å². The molecule has 0 saturated carbocycles. The summed E-state index contributed by atoms with van der Waals surface area (Å²) in [7, 11) is 0. The van der Waals surface area contributed by atoms with Crippen molar-refractivity contribution in [3.05, 3.63) is 76.8 Å². The molecule has 0 aliphatic carbocycles. The first-order chi connectivity index (χ1) is 13.0. The average molecular weight is 365 g/mol. The van der Waals surface area contributed by atoms with E-state index >= 15 is 0 Å². The van der Waals surface area contributed by atoms with Gasteiger partial charge in [-0.25, -0.2) is 4.98 Å². The van der Waals surface area contributed by atoms with E-state index in [-0.39, 0.29) is 30.9 Å². The molecule has 0 aliphatic heterocycles. The first kappa shape index (κ1) is 18.3. The Balaban J connectivity index is 1.69. The van der Waals surface area contributed by atoms with Gasteiger partial charge in [-0.05, 0) is 17.7 Å². The molecule has 1 aromatic heterocycles. The van der Waals surface area contributed by atoms with Crippen LogP contribution < -0.4 is 10.9 Å². The number of fused-ring (bicyclic) bond motifs is 1. The van der Waals surface area contributed by atoms with Crippen molar-refractivity contribution in [2.75, 3.05) is 0 Å². The lowest BCUT2D eigenvalue weighted by Crippen LogP contribution is -2.32. The topological polar surface area (TPSA) is 101 Å². The number of para-hydroxylation sites is 1. The number of aryl methyl sites for hydroxylation is 1. The standard InChI is InChI=1S/C20H19N3O4/c24-18(22-17(12-19(25)26)14-6-2-1-3-7-14)10-11-23-13-21-16-9-5-4-8-15(16)20(23)27/h1-9,13,17H,10-12H2,(H,22,24)(H,25,26). The minimum Gasteiger partial charge on any atom is -0.481 e. The Labute approximate surface area is 155 Å². The van der Waals surface area contributed by atoms with Crippen LogP contribution in [0, 0.1) is 0 Å². The van der Waals surface area contributed by atoms with Crippen LogP contribution in [-0.2, 0) is 16.1 Å². The number of carbonyl (C=O) groups is 2. The molecule has 0 fully saturated rings. The Kier molecular flexibility index (Phi) is 5.61. The van der Waals surface area contributed by atoms with Crippen LogP contribution in [0.2, 0.25) is 0 Å². The normalized spacial score (nSPS) is 11.9. The molecule has 0 radical (unpaired) electrons. The predicted octanol–water partition coefficient (Wildman–Crippen LogP) is 2.12. The molecule has 0 saturated heterocycles. The summed E-state index contributed by atoms with van der Waals surface area (Å²) < 4.78 is 1.39. The molecule has 3 aromatic rings. The summed E-state index contributed by atoms with van der Waals surface area (Å²) in [5.74, 6) is -1.33. The maximum absolute atomic E-state index is 12.4. The summed E-state index contributed by atoms with van der Waals surface area (Å²) in [6, 6.07) is 15.3. The van der Waals surface area contributed by atoms with E-state index in [4.69, 9.17) is 5.11 Å². The second kappa shape index (κ2) is 8.27. The monoisotopic (exact) mass is 365 g/mol. The number of carboxylic acid groups (broad SMARTS) is 1. The van der Waals surface area contributed by atoms with Crippen molar-refractivity contribution in [1.29, 1.82) is 0 Å². The fourth-order valence-corrected chi connectivity index (χ4v) is 2.87. The molecular weight excluding hydrogens is 346 g/mol. The van der Waals surface area contributed by atoms with Gasteiger partial charge >= 0.3 is 5.97 Å². The molecule has 0 bridgehead atoms. The molecule has 2 aromatic carbocycles. The first-order valence-electron chi connectivity index (χ1n) is 8.55. The van der Waals surface area contributed by atoms with Gasteiger partial charge < -0.3 is 10.4 Å². The van der Waals surface area contributed by atoms with Gasteiger partial charge in [0, 0.05) is 13.0 Å². The van der Waals surface area contributed by atoms with E-state index in [0.717, 1.165) is 5.56 Å². The lowest BCUT2D eigenvalue weighted by Gasteiger charge is -2.17. The Morgan fingerprint density at radius 2 is 1.78 bits per heavy atom. The molecule has 138 valence electrons. The Bertz CT molecular complexity index is 1010. The van der Waals surface area contributed by atoms with E-state index in [9.17, 15) is 14.4 Å². The predicted molar refractivity (Wildman–Crippen MR) is 100 cm³/mol. The van der Waals surface area contributed by atoms with Crippen molar-refractivity contribution < 1.29 is 14.7 Å². The lowest BCUT2D eigenvalue weighted by atomic mass is 10.0. The molecule has 3 rings (SSSR count). The highest BCUT2D eigenvalue weighted by Crippen LogP contribution is 2.16. The molecule has 1 amide bonds. The van der Waals surface area contributed by atoms with Gasteiger partial charge in [0.05, 0.1) is 29.7 Å². The van der Waals surface area contributed by atoms with Gasteiger partial charge in [0.15, 0.2) is 0 Å². The third kappa shape index (κ3) is 4.58. The van der Waals surface area contributed by atoms with Gasteiger partial charge in [-0.2, -0.15) is 0 Å². The molecular formula is C20H19N3O4. The molecule has 1 heterocycles. The number of nitrogens with one attached hydrogen (secondary N) is 1. The highest BCUT2D eigenvalue weighted by atomic mass is 16.4. The fraction of sp³-hybridized carbons (Fsp3) is 0.200. The van der Waals surface area contributed by atoms with Crippen LogP contribution in [0.25, 0.3) is 10.9 Å². The molecule has 7 heteroatoms. The zero-order valence-corrected chi connectivity index (χ0v) is 14.5. The van der Waals surface area contributed by atoms with Crippen molar-refractivity contribution in [3.63, 3.8) is 0 Å². The van der Waals surface area contributed by atoms with Crippen molar-refractivity contribution >= 4 is 22.8 Å². The minimum atomic E-state index is -1.00. The number of aromatic nitrogens is 2. The average Bonchev–Trinajstić information content (AvgIpc) is 2.67. The summed E-state index contributed by atoms with van der Waals surface area (Å²) in [6.45, 7) is 0.164. The lowest BCUT2D eigenvalue weighted by molar-refractivity contribution is -0.137. The highest BCUT2D eigenvalue weighted by Gasteiger charge is 2.18. The fourth-order valence-electron chi connectivity index (χ4n) is 2.87. The Morgan fingerprint density at radius 3 is 2.52 bits per heavy atom. The van der Waals surface area contributed by atoms with Crippen LogP contribution in [0.5, 0.6) is 0 Å². The summed E-state index contributed by atoms with van der Waals surface area (Å²) in [5, 5.41) is 12.3. The van der Waals surface area contributed by atoms with Crippen molar-refractivity contribution in [2.45, 2.75) is 25.4 Å². The number of carboxylic acids is 1. The van der Waals surface area contributed by atoms with Gasteiger partial charge in [0.25, 0.3) is 5.56 Å². The number of benzene rings is 2. The second-order valence-electron chi connectivity index (χ2n) is 6.14. The number of hydrogen-bond donors (Lipinski definition) is 2. The third-order valence-electron chi connectivity index (χ3n) is 4.23. The number of nitrogens with zero attached hydrogens (tertiary/aromatic N) is 2. The number of hydrogen-bond acceptors (Lipinski definition) is 4. The molecule has 1 atom stereocenters. The molecule has 0 aliphatic rings. The third-order valence-corrected chi connectivity index (χ3v) is 4.23. The maximum Gasteiger partial charge on any atom is 0.305 e. The van der Waals surface area contributed by atoms with Gasteiger partial charge in [-0.1, -0.05) is 42.5 Å². The minimum absolute atomic E-state index is 0.0445. The van der Waals surface area contributed by atoms with Crippen LogP contribution in [0.15, 0.2) is 65.7 Å². The van der Waals surface area contributed by atoms with E-state index < -0.39 is 12.0 Å². The van der Waals surface area contributed by atoms with Crippen LogP contribution in [0.3, 0.4) is 0 Å². The zero-order valence-electron chi connectivity index (χ0n) is 14.5. The van der Waals surface area contributed by atoms with E-state index in [1.54, 1.807) is 48.5 Å². The smallest absolute Gasteiger partial charge is 0.305 e. The molecule has 1 unspecified atom stereocenters. The number of rotatable bonds is 7. The van der Waals surface area contributed by atoms with Crippen molar-refractivity contribution in [3.8, 4) is 0 Å². The number of amides is 1. The molecule has 2 N–H and O–H groups in total. The van der Waals surface area contributed by atoms with Crippen LogP contribution in [-0.4, -0.2) is 26.5 Å². The molecule has 27 heavy (non-hydrogen) atoms. The van der Waals surface area contributed by atoms with E-state index in [1.165, 1.54) is 10.9 Å². The van der Waals surface area contributed by atoms with Gasteiger partial charge in [-0.15, -0.1) is 0 Å². The molecule has 0 spiro atoms. The summed E-state index contributed by atoms with van der Waals surface area (Å²) >= 11 is 0. The SMILES string of the molecule is O=C(O)CC(NC(=O)CCn1cnc2ccccc2c1=O)c1ccccc1. The number of aliphatic carboxylic acids is 1. The van der Waals surface area contributed by atoms with Crippen molar-refractivity contribution in [1.82, 2.24) is 14.9 Å². The second-order valence-corrected chi connectivity index (χ2v) is 6.14. The highest BCUT2D eigenvalue weighted by molar-refractivity contribution is 5.78. The van der Waals surface area contributed by atoms with Crippen LogP contribution in [0.4, 0.5) is 0 Å². The molecule has 7 nitrogen and oxygen atoms in total. The Morgan fingerprint density at radius 1 is 1.07 bits per heavy atom.